The van der Waals surface area contributed by atoms with Gasteiger partial charge in [-0.15, -0.1) is 11.8 Å². The smallest absolute Gasteiger partial charge is 0.197 e. The zero-order valence-corrected chi connectivity index (χ0v) is 8.63. The molecule has 13 heavy (non-hydrogen) atoms. The highest BCUT2D eigenvalue weighted by atomic mass is 35.5. The van der Waals surface area contributed by atoms with Gasteiger partial charge < -0.3 is 0 Å². The topological polar surface area (TPSA) is 0 Å². The molecule has 1 aromatic carbocycles. The third kappa shape index (κ3) is 1.75. The molecular weight excluding hydrogens is 244 g/mol. The Balaban J connectivity index is 3.56. The predicted octanol–water partition coefficient (Wildman–Crippen LogP) is 4.13. The normalized spacial score (nSPS) is 10.6. The van der Waals surface area contributed by atoms with Gasteiger partial charge in [-0.25, -0.2) is 13.2 Å². The van der Waals surface area contributed by atoms with Crippen molar-refractivity contribution in [3.8, 4) is 0 Å². The molecule has 0 aromatic heterocycles. The monoisotopic (exact) mass is 246 g/mol. The van der Waals surface area contributed by atoms with Gasteiger partial charge in [0.15, 0.2) is 17.5 Å². The van der Waals surface area contributed by atoms with Gasteiger partial charge in [0, 0.05) is 0 Å². The largest absolute Gasteiger partial charge is 0.202 e. The van der Waals surface area contributed by atoms with E-state index in [1.54, 1.807) is 0 Å². The average molecular weight is 247 g/mol. The second kappa shape index (κ2) is 3.98. The molecule has 0 N–H and O–H groups in total. The predicted molar refractivity (Wildman–Crippen MR) is 48.1 cm³/mol. The Labute approximate surface area is 87.0 Å². The first-order valence-corrected chi connectivity index (χ1v) is 5.04. The fourth-order valence-electron chi connectivity index (χ4n) is 0.764. The minimum Gasteiger partial charge on any atom is -0.202 e. The van der Waals surface area contributed by atoms with E-state index in [-0.39, 0.29) is 9.92 Å². The second-order valence-corrected chi connectivity index (χ2v) is 3.68. The Hall–Kier alpha value is -0.0600. The van der Waals surface area contributed by atoms with Crippen LogP contribution in [0.5, 0.6) is 0 Å². The molecule has 0 unspecified atom stereocenters. The summed E-state index contributed by atoms with van der Waals surface area (Å²) in [7, 11) is 0. The van der Waals surface area contributed by atoms with Crippen molar-refractivity contribution in [3.63, 3.8) is 0 Å². The molecule has 0 aliphatic rings. The van der Waals surface area contributed by atoms with E-state index >= 15 is 0 Å². The lowest BCUT2D eigenvalue weighted by Crippen LogP contribution is -1.95. The van der Waals surface area contributed by atoms with Crippen LogP contribution in [0.1, 0.15) is 0 Å². The number of hydrogen-bond acceptors (Lipinski definition) is 1. The zero-order valence-electron chi connectivity index (χ0n) is 6.30. The molecule has 6 heteroatoms. The minimum atomic E-state index is -1.60. The molecule has 0 fully saturated rings. The quantitative estimate of drug-likeness (QED) is 0.408. The SMILES string of the molecule is CSc1c(F)c(F)c(F)c(Cl)c1Cl. The van der Waals surface area contributed by atoms with E-state index in [4.69, 9.17) is 23.2 Å². The number of benzene rings is 1. The number of rotatable bonds is 1. The van der Waals surface area contributed by atoms with Gasteiger partial charge in [-0.05, 0) is 6.26 Å². The molecule has 0 radical (unpaired) electrons. The standard InChI is InChI=1S/C7H3Cl2F3S/c1-13-7-3(9)2(8)4(10)5(11)6(7)12/h1H3. The van der Waals surface area contributed by atoms with Crippen LogP contribution in [-0.4, -0.2) is 6.26 Å². The van der Waals surface area contributed by atoms with Crippen molar-refractivity contribution in [1.82, 2.24) is 0 Å². The lowest BCUT2D eigenvalue weighted by Gasteiger charge is -2.06. The summed E-state index contributed by atoms with van der Waals surface area (Å²) in [5, 5.41) is -0.893. The molecule has 1 rings (SSSR count). The van der Waals surface area contributed by atoms with Crippen LogP contribution in [0.2, 0.25) is 10.0 Å². The van der Waals surface area contributed by atoms with E-state index in [9.17, 15) is 13.2 Å². The number of halogens is 5. The highest BCUT2D eigenvalue weighted by Gasteiger charge is 2.22. The van der Waals surface area contributed by atoms with Gasteiger partial charge in [0.2, 0.25) is 0 Å². The van der Waals surface area contributed by atoms with Gasteiger partial charge in [0.05, 0.1) is 14.9 Å². The van der Waals surface area contributed by atoms with Crippen LogP contribution >= 0.6 is 35.0 Å². The fraction of sp³-hybridized carbons (Fsp3) is 0.143. The van der Waals surface area contributed by atoms with E-state index in [2.05, 4.69) is 0 Å². The Morgan fingerprint density at radius 3 is 1.92 bits per heavy atom. The van der Waals surface area contributed by atoms with Gasteiger partial charge in [0.25, 0.3) is 0 Å². The van der Waals surface area contributed by atoms with Crippen molar-refractivity contribution in [2.45, 2.75) is 4.90 Å². The van der Waals surface area contributed by atoms with Gasteiger partial charge in [0.1, 0.15) is 0 Å². The summed E-state index contributed by atoms with van der Waals surface area (Å²) in [6.07, 6.45) is 1.48. The number of hydrogen-bond donors (Lipinski definition) is 0. The maximum absolute atomic E-state index is 12.9. The Bertz CT molecular complexity index is 325. The van der Waals surface area contributed by atoms with E-state index in [1.807, 2.05) is 0 Å². The van der Waals surface area contributed by atoms with Gasteiger partial charge in [-0.2, -0.15) is 0 Å². The van der Waals surface area contributed by atoms with Crippen LogP contribution in [0.4, 0.5) is 13.2 Å². The summed E-state index contributed by atoms with van der Waals surface area (Å²) >= 11 is 11.6. The first-order valence-electron chi connectivity index (χ1n) is 3.06. The van der Waals surface area contributed by atoms with Gasteiger partial charge >= 0.3 is 0 Å². The minimum absolute atomic E-state index is 0.189. The first-order chi connectivity index (χ1) is 6.00. The van der Waals surface area contributed by atoms with Crippen molar-refractivity contribution in [2.75, 3.05) is 6.26 Å². The van der Waals surface area contributed by atoms with E-state index < -0.39 is 22.5 Å². The molecule has 0 bridgehead atoms. The van der Waals surface area contributed by atoms with Crippen molar-refractivity contribution in [2.24, 2.45) is 0 Å². The van der Waals surface area contributed by atoms with E-state index in [0.717, 1.165) is 11.8 Å². The molecular formula is C7H3Cl2F3S. The highest BCUT2D eigenvalue weighted by molar-refractivity contribution is 7.98. The number of thioether (sulfide) groups is 1. The maximum atomic E-state index is 12.9. The summed E-state index contributed by atoms with van der Waals surface area (Å²) < 4.78 is 38.4. The van der Waals surface area contributed by atoms with Crippen molar-refractivity contribution < 1.29 is 13.2 Å². The first kappa shape index (κ1) is 11.0. The Kier molecular flexibility index (Phi) is 3.38. The van der Waals surface area contributed by atoms with Crippen LogP contribution in [-0.2, 0) is 0 Å². The third-order valence-electron chi connectivity index (χ3n) is 1.37. The van der Waals surface area contributed by atoms with Crippen molar-refractivity contribution >= 4 is 35.0 Å². The Morgan fingerprint density at radius 2 is 1.46 bits per heavy atom. The van der Waals surface area contributed by atoms with Crippen LogP contribution in [0.15, 0.2) is 4.90 Å². The molecule has 0 aliphatic heterocycles. The van der Waals surface area contributed by atoms with Gasteiger partial charge in [-0.1, -0.05) is 23.2 Å². The van der Waals surface area contributed by atoms with Crippen molar-refractivity contribution in [3.05, 3.63) is 27.5 Å². The van der Waals surface area contributed by atoms with Crippen LogP contribution in [0, 0.1) is 17.5 Å². The van der Waals surface area contributed by atoms with Crippen LogP contribution in [0.3, 0.4) is 0 Å². The molecule has 0 saturated heterocycles. The third-order valence-corrected chi connectivity index (χ3v) is 3.11. The fourth-order valence-corrected chi connectivity index (χ4v) is 1.94. The summed E-state index contributed by atoms with van der Waals surface area (Å²) in [5.41, 5.74) is 0. The van der Waals surface area contributed by atoms with Crippen LogP contribution in [0.25, 0.3) is 0 Å². The Morgan fingerprint density at radius 1 is 0.923 bits per heavy atom. The average Bonchev–Trinajstić information content (AvgIpc) is 2.13. The molecule has 0 aliphatic carbocycles. The van der Waals surface area contributed by atoms with E-state index in [0.29, 0.717) is 0 Å². The lowest BCUT2D eigenvalue weighted by molar-refractivity contribution is 0.436. The molecule has 0 atom stereocenters. The molecule has 0 saturated carbocycles. The van der Waals surface area contributed by atoms with Gasteiger partial charge in [-0.3, -0.25) is 0 Å². The molecule has 0 amide bonds. The summed E-state index contributed by atoms with van der Waals surface area (Å²) in [4.78, 5) is -0.189. The molecule has 0 spiro atoms. The second-order valence-electron chi connectivity index (χ2n) is 2.10. The van der Waals surface area contributed by atoms with Crippen molar-refractivity contribution in [1.29, 1.82) is 0 Å². The summed E-state index contributed by atoms with van der Waals surface area (Å²) in [6, 6.07) is 0. The molecule has 0 heterocycles. The van der Waals surface area contributed by atoms with Crippen LogP contribution < -0.4 is 0 Å². The zero-order chi connectivity index (χ0) is 10.2. The summed E-state index contributed by atoms with van der Waals surface area (Å²) in [6.45, 7) is 0. The lowest BCUT2D eigenvalue weighted by atomic mass is 10.3. The van der Waals surface area contributed by atoms with E-state index in [1.165, 1.54) is 6.26 Å². The maximum Gasteiger partial charge on any atom is 0.197 e. The molecule has 1 aromatic rings. The molecule has 72 valence electrons. The molecule has 0 nitrogen and oxygen atoms in total. The highest BCUT2D eigenvalue weighted by Crippen LogP contribution is 2.37. The summed E-state index contributed by atoms with van der Waals surface area (Å²) in [5.74, 6) is -4.36.